The molecule has 1 aromatic heterocycles. The number of pyridine rings is 1. The van der Waals surface area contributed by atoms with Gasteiger partial charge in [0.05, 0.1) is 6.21 Å². The van der Waals surface area contributed by atoms with Gasteiger partial charge in [-0.05, 0) is 34.0 Å². The van der Waals surface area contributed by atoms with E-state index in [9.17, 15) is 0 Å². The minimum absolute atomic E-state index is 0.965. The molecule has 2 heterocycles. The maximum atomic E-state index is 4.60. The Kier molecular flexibility index (Phi) is 4.70. The summed E-state index contributed by atoms with van der Waals surface area (Å²) < 4.78 is 0. The van der Waals surface area contributed by atoms with Gasteiger partial charge >= 0.3 is 0 Å². The van der Waals surface area contributed by atoms with Crippen molar-refractivity contribution in [3.05, 3.63) is 78.1 Å². The van der Waals surface area contributed by atoms with Crippen LogP contribution in [0.25, 0.3) is 10.8 Å². The van der Waals surface area contributed by atoms with Crippen molar-refractivity contribution in [2.75, 3.05) is 26.2 Å². The molecule has 1 aliphatic rings. The third kappa shape index (κ3) is 3.86. The van der Waals surface area contributed by atoms with E-state index >= 15 is 0 Å². The molecular weight excluding hydrogens is 308 g/mol. The summed E-state index contributed by atoms with van der Waals surface area (Å²) in [7, 11) is 0. The minimum atomic E-state index is 0.965. The van der Waals surface area contributed by atoms with Gasteiger partial charge < -0.3 is 0 Å². The molecule has 4 nitrogen and oxygen atoms in total. The van der Waals surface area contributed by atoms with Crippen molar-refractivity contribution in [3.63, 3.8) is 0 Å². The fourth-order valence-electron chi connectivity index (χ4n) is 3.28. The van der Waals surface area contributed by atoms with Gasteiger partial charge in [-0.15, -0.1) is 0 Å². The van der Waals surface area contributed by atoms with Gasteiger partial charge in [-0.3, -0.25) is 14.9 Å². The highest BCUT2D eigenvalue weighted by atomic mass is 15.5. The number of hydrogen-bond acceptors (Lipinski definition) is 4. The first-order valence-corrected chi connectivity index (χ1v) is 8.76. The minimum Gasteiger partial charge on any atom is -0.295 e. The summed E-state index contributed by atoms with van der Waals surface area (Å²) in [4.78, 5) is 6.54. The first-order chi connectivity index (χ1) is 12.4. The Bertz CT molecular complexity index is 847. The molecule has 4 heteroatoms. The van der Waals surface area contributed by atoms with Crippen molar-refractivity contribution in [2.45, 2.75) is 6.54 Å². The molecule has 0 N–H and O–H groups in total. The Morgan fingerprint density at radius 2 is 1.64 bits per heavy atom. The highest BCUT2D eigenvalue weighted by Gasteiger charge is 2.16. The van der Waals surface area contributed by atoms with Gasteiger partial charge in [0.2, 0.25) is 0 Å². The first-order valence-electron chi connectivity index (χ1n) is 8.76. The van der Waals surface area contributed by atoms with Crippen LogP contribution in [0.15, 0.2) is 72.1 Å². The zero-order valence-corrected chi connectivity index (χ0v) is 14.3. The summed E-state index contributed by atoms with van der Waals surface area (Å²) in [5.74, 6) is 0. The number of fused-ring (bicyclic) bond motifs is 1. The topological polar surface area (TPSA) is 31.7 Å². The standard InChI is InChI=1S/C21H22N4/c1-2-7-21-19(4-1)5-3-6-20(21)17-24-12-14-25(15-13-24)23-16-18-8-10-22-11-9-18/h1-11,16H,12-15,17H2/b23-16+. The van der Waals surface area contributed by atoms with Crippen LogP contribution in [0.3, 0.4) is 0 Å². The van der Waals surface area contributed by atoms with Crippen LogP contribution in [-0.2, 0) is 6.54 Å². The second-order valence-electron chi connectivity index (χ2n) is 6.39. The van der Waals surface area contributed by atoms with Crippen LogP contribution in [0, 0.1) is 0 Å². The SMILES string of the molecule is C(=N\N1CCN(Cc2cccc3ccccc23)CC1)/c1ccncc1. The number of piperazine rings is 1. The summed E-state index contributed by atoms with van der Waals surface area (Å²) in [6.07, 6.45) is 5.51. The third-order valence-corrected chi connectivity index (χ3v) is 4.70. The summed E-state index contributed by atoms with van der Waals surface area (Å²) >= 11 is 0. The lowest BCUT2D eigenvalue weighted by Gasteiger charge is -2.33. The highest BCUT2D eigenvalue weighted by Crippen LogP contribution is 2.20. The molecule has 3 aromatic rings. The van der Waals surface area contributed by atoms with Crippen LogP contribution >= 0.6 is 0 Å². The van der Waals surface area contributed by atoms with E-state index in [4.69, 9.17) is 0 Å². The quantitative estimate of drug-likeness (QED) is 0.687. The second kappa shape index (κ2) is 7.45. The Morgan fingerprint density at radius 1 is 0.880 bits per heavy atom. The van der Waals surface area contributed by atoms with E-state index in [1.807, 2.05) is 18.3 Å². The smallest absolute Gasteiger partial charge is 0.0544 e. The van der Waals surface area contributed by atoms with Crippen LogP contribution in [0.2, 0.25) is 0 Å². The zero-order chi connectivity index (χ0) is 16.9. The fraction of sp³-hybridized carbons (Fsp3) is 0.238. The largest absolute Gasteiger partial charge is 0.295 e. The van der Waals surface area contributed by atoms with Crippen molar-refractivity contribution < 1.29 is 0 Å². The van der Waals surface area contributed by atoms with E-state index < -0.39 is 0 Å². The number of hydrogen-bond donors (Lipinski definition) is 0. The number of aromatic nitrogens is 1. The van der Waals surface area contributed by atoms with Gasteiger partial charge in [-0.1, -0.05) is 42.5 Å². The number of hydrazone groups is 1. The van der Waals surface area contributed by atoms with Crippen LogP contribution in [0.5, 0.6) is 0 Å². The Hall–Kier alpha value is -2.72. The molecule has 0 unspecified atom stereocenters. The maximum absolute atomic E-state index is 4.60. The Labute approximate surface area is 148 Å². The zero-order valence-electron chi connectivity index (χ0n) is 14.3. The van der Waals surface area contributed by atoms with E-state index in [0.717, 1.165) is 38.3 Å². The van der Waals surface area contributed by atoms with Crippen molar-refractivity contribution >= 4 is 17.0 Å². The fourth-order valence-corrected chi connectivity index (χ4v) is 3.28. The molecule has 1 saturated heterocycles. The lowest BCUT2D eigenvalue weighted by molar-refractivity contribution is 0.131. The lowest BCUT2D eigenvalue weighted by atomic mass is 10.0. The molecule has 25 heavy (non-hydrogen) atoms. The molecule has 0 atom stereocenters. The first kappa shape index (κ1) is 15.8. The molecule has 1 fully saturated rings. The normalized spacial score (nSPS) is 15.9. The lowest BCUT2D eigenvalue weighted by Crippen LogP contribution is -2.43. The Morgan fingerprint density at radius 3 is 2.48 bits per heavy atom. The molecular formula is C21H22N4. The van der Waals surface area contributed by atoms with Gasteiger partial charge in [0, 0.05) is 45.1 Å². The molecule has 2 aromatic carbocycles. The molecule has 0 amide bonds. The summed E-state index contributed by atoms with van der Waals surface area (Å²) in [5.41, 5.74) is 2.50. The second-order valence-corrected chi connectivity index (χ2v) is 6.39. The van der Waals surface area contributed by atoms with Gasteiger partial charge in [0.25, 0.3) is 0 Å². The van der Waals surface area contributed by atoms with Crippen LogP contribution in [-0.4, -0.2) is 47.3 Å². The molecule has 4 rings (SSSR count). The van der Waals surface area contributed by atoms with Gasteiger partial charge in [-0.25, -0.2) is 0 Å². The summed E-state index contributed by atoms with van der Waals surface area (Å²) in [6, 6.07) is 19.2. The van der Waals surface area contributed by atoms with E-state index in [-0.39, 0.29) is 0 Å². The molecule has 126 valence electrons. The summed E-state index contributed by atoms with van der Waals surface area (Å²) in [5, 5.41) is 9.44. The number of nitrogens with zero attached hydrogens (tertiary/aromatic N) is 4. The van der Waals surface area contributed by atoms with Crippen molar-refractivity contribution in [2.24, 2.45) is 5.10 Å². The molecule has 0 radical (unpaired) electrons. The average molecular weight is 330 g/mol. The number of rotatable bonds is 4. The monoisotopic (exact) mass is 330 g/mol. The molecule has 0 bridgehead atoms. The third-order valence-electron chi connectivity index (χ3n) is 4.70. The van der Waals surface area contributed by atoms with Gasteiger partial charge in [0.15, 0.2) is 0 Å². The van der Waals surface area contributed by atoms with Crippen molar-refractivity contribution in [1.82, 2.24) is 14.9 Å². The van der Waals surface area contributed by atoms with Crippen LogP contribution in [0.4, 0.5) is 0 Å². The van der Waals surface area contributed by atoms with E-state index in [1.54, 1.807) is 12.4 Å². The summed E-state index contributed by atoms with van der Waals surface area (Å²) in [6.45, 7) is 5.01. The average Bonchev–Trinajstić information content (AvgIpc) is 2.69. The van der Waals surface area contributed by atoms with Gasteiger partial charge in [-0.2, -0.15) is 5.10 Å². The highest BCUT2D eigenvalue weighted by molar-refractivity contribution is 5.85. The maximum Gasteiger partial charge on any atom is 0.0544 e. The molecule has 1 aliphatic heterocycles. The van der Waals surface area contributed by atoms with E-state index in [0.29, 0.717) is 0 Å². The van der Waals surface area contributed by atoms with Crippen LogP contribution in [0.1, 0.15) is 11.1 Å². The van der Waals surface area contributed by atoms with Crippen LogP contribution < -0.4 is 0 Å². The molecule has 0 aliphatic carbocycles. The molecule has 0 spiro atoms. The van der Waals surface area contributed by atoms with E-state index in [2.05, 4.69) is 62.5 Å². The predicted octanol–water partition coefficient (Wildman–Crippen LogP) is 3.39. The van der Waals surface area contributed by atoms with E-state index in [1.165, 1.54) is 16.3 Å². The number of benzene rings is 2. The molecule has 0 saturated carbocycles. The van der Waals surface area contributed by atoms with Crippen molar-refractivity contribution in [1.29, 1.82) is 0 Å². The van der Waals surface area contributed by atoms with Gasteiger partial charge in [0.1, 0.15) is 0 Å². The Balaban J connectivity index is 1.36. The predicted molar refractivity (Wildman–Crippen MR) is 103 cm³/mol. The van der Waals surface area contributed by atoms with Crippen molar-refractivity contribution in [3.8, 4) is 0 Å².